The maximum atomic E-state index is 12.2. The minimum Gasteiger partial charge on any atom is -0.455 e. The van der Waals surface area contributed by atoms with Crippen LogP contribution in [0.1, 0.15) is 37.1 Å². The first kappa shape index (κ1) is 20.4. The van der Waals surface area contributed by atoms with E-state index in [9.17, 15) is 4.79 Å². The zero-order valence-electron chi connectivity index (χ0n) is 16.0. The van der Waals surface area contributed by atoms with E-state index in [4.69, 9.17) is 16.0 Å². The van der Waals surface area contributed by atoms with E-state index in [0.717, 1.165) is 22.0 Å². The lowest BCUT2D eigenvalue weighted by atomic mass is 10.1. The van der Waals surface area contributed by atoms with Gasteiger partial charge in [0.25, 0.3) is 5.91 Å². The molecule has 1 atom stereocenters. The number of carbonyl (C=O) groups is 1. The van der Waals surface area contributed by atoms with E-state index >= 15 is 0 Å². The predicted molar refractivity (Wildman–Crippen MR) is 113 cm³/mol. The van der Waals surface area contributed by atoms with Crippen LogP contribution in [0.15, 0.2) is 58.0 Å². The van der Waals surface area contributed by atoms with Crippen molar-refractivity contribution in [3.63, 3.8) is 0 Å². The summed E-state index contributed by atoms with van der Waals surface area (Å²) in [6.07, 6.45) is 0. The van der Waals surface area contributed by atoms with E-state index in [1.807, 2.05) is 49.4 Å². The molecule has 2 heterocycles. The van der Waals surface area contributed by atoms with Crippen molar-refractivity contribution in [2.75, 3.05) is 0 Å². The molecule has 0 aliphatic carbocycles. The molecule has 28 heavy (non-hydrogen) atoms. The lowest BCUT2D eigenvalue weighted by Crippen LogP contribution is -2.35. The summed E-state index contributed by atoms with van der Waals surface area (Å²) < 4.78 is 5.66. The van der Waals surface area contributed by atoms with Crippen LogP contribution in [-0.2, 0) is 5.75 Å². The van der Waals surface area contributed by atoms with E-state index in [0.29, 0.717) is 22.5 Å². The highest BCUT2D eigenvalue weighted by atomic mass is 35.5. The Morgan fingerprint density at radius 3 is 2.46 bits per heavy atom. The lowest BCUT2D eigenvalue weighted by Gasteiger charge is -2.16. The number of thioether (sulfide) groups is 1. The minimum absolute atomic E-state index is 0.0878. The third-order valence-electron chi connectivity index (χ3n) is 4.39. The van der Waals surface area contributed by atoms with Crippen LogP contribution in [0.4, 0.5) is 0 Å². The van der Waals surface area contributed by atoms with Crippen molar-refractivity contribution in [1.82, 2.24) is 15.5 Å². The molecular formula is C21H22ClN3O2S. The van der Waals surface area contributed by atoms with Gasteiger partial charge in [0.1, 0.15) is 10.8 Å². The van der Waals surface area contributed by atoms with E-state index in [1.165, 1.54) is 11.8 Å². The SMILES string of the molecule is CC(C)C(C)NC(=O)c1ccc(CSc2ccc(-c3ccc(Cl)cc3)nn2)o1. The van der Waals surface area contributed by atoms with Crippen LogP contribution in [0.25, 0.3) is 11.3 Å². The van der Waals surface area contributed by atoms with Crippen LogP contribution >= 0.6 is 23.4 Å². The number of halogens is 1. The molecule has 0 spiro atoms. The number of rotatable bonds is 7. The lowest BCUT2D eigenvalue weighted by molar-refractivity contribution is 0.0901. The molecule has 0 saturated heterocycles. The maximum absolute atomic E-state index is 12.2. The number of amides is 1. The molecular weight excluding hydrogens is 394 g/mol. The van der Waals surface area contributed by atoms with E-state index in [2.05, 4.69) is 29.4 Å². The standard InChI is InChI=1S/C21H22ClN3O2S/c1-13(2)14(3)23-21(26)19-10-8-17(27-19)12-28-20-11-9-18(24-25-20)15-4-6-16(22)7-5-15/h4-11,13-14H,12H2,1-3H3,(H,23,26). The Morgan fingerprint density at radius 2 is 1.82 bits per heavy atom. The minimum atomic E-state index is -0.190. The van der Waals surface area contributed by atoms with Gasteiger partial charge in [-0.3, -0.25) is 4.79 Å². The van der Waals surface area contributed by atoms with Gasteiger partial charge in [-0.25, -0.2) is 0 Å². The molecule has 0 aliphatic heterocycles. The van der Waals surface area contributed by atoms with Crippen LogP contribution in [0.5, 0.6) is 0 Å². The molecule has 146 valence electrons. The van der Waals surface area contributed by atoms with Gasteiger partial charge < -0.3 is 9.73 Å². The van der Waals surface area contributed by atoms with Crippen molar-refractivity contribution in [1.29, 1.82) is 0 Å². The molecule has 0 bridgehead atoms. The van der Waals surface area contributed by atoms with Crippen LogP contribution in [-0.4, -0.2) is 22.1 Å². The monoisotopic (exact) mass is 415 g/mol. The zero-order valence-corrected chi connectivity index (χ0v) is 17.6. The summed E-state index contributed by atoms with van der Waals surface area (Å²) in [5.74, 6) is 1.79. The Morgan fingerprint density at radius 1 is 1.07 bits per heavy atom. The normalized spacial score (nSPS) is 12.2. The molecule has 0 radical (unpaired) electrons. The van der Waals surface area contributed by atoms with Crippen molar-refractivity contribution in [2.24, 2.45) is 5.92 Å². The van der Waals surface area contributed by atoms with E-state index in [-0.39, 0.29) is 11.9 Å². The smallest absolute Gasteiger partial charge is 0.287 e. The summed E-state index contributed by atoms with van der Waals surface area (Å²) >= 11 is 7.41. The number of nitrogens with zero attached hydrogens (tertiary/aromatic N) is 2. The van der Waals surface area contributed by atoms with Crippen molar-refractivity contribution < 1.29 is 9.21 Å². The number of nitrogens with one attached hydrogen (secondary N) is 1. The number of benzene rings is 1. The van der Waals surface area contributed by atoms with Crippen LogP contribution < -0.4 is 5.32 Å². The molecule has 5 nitrogen and oxygen atoms in total. The summed E-state index contributed by atoms with van der Waals surface area (Å²) in [6.45, 7) is 6.11. The maximum Gasteiger partial charge on any atom is 0.287 e. The average molecular weight is 416 g/mol. The Hall–Kier alpha value is -2.31. The van der Waals surface area contributed by atoms with Gasteiger partial charge in [0.15, 0.2) is 5.76 Å². The second-order valence-electron chi connectivity index (χ2n) is 6.82. The first-order chi connectivity index (χ1) is 13.4. The first-order valence-corrected chi connectivity index (χ1v) is 10.4. The van der Waals surface area contributed by atoms with Crippen molar-refractivity contribution in [3.05, 3.63) is 65.1 Å². The van der Waals surface area contributed by atoms with Crippen LogP contribution in [0.3, 0.4) is 0 Å². The summed E-state index contributed by atoms with van der Waals surface area (Å²) in [7, 11) is 0. The summed E-state index contributed by atoms with van der Waals surface area (Å²) in [5, 5.41) is 12.9. The fourth-order valence-corrected chi connectivity index (χ4v) is 3.17. The van der Waals surface area contributed by atoms with Crippen molar-refractivity contribution >= 4 is 29.3 Å². The average Bonchev–Trinajstić information content (AvgIpc) is 3.16. The largest absolute Gasteiger partial charge is 0.455 e. The predicted octanol–water partition coefficient (Wildman–Crippen LogP) is 5.46. The molecule has 7 heteroatoms. The van der Waals surface area contributed by atoms with Crippen molar-refractivity contribution in [2.45, 2.75) is 37.6 Å². The molecule has 1 N–H and O–H groups in total. The molecule has 2 aromatic heterocycles. The Labute approximate surface area is 173 Å². The first-order valence-electron chi connectivity index (χ1n) is 9.04. The second kappa shape index (κ2) is 9.26. The molecule has 1 unspecified atom stereocenters. The van der Waals surface area contributed by atoms with Gasteiger partial charge in [-0.15, -0.1) is 10.2 Å². The van der Waals surface area contributed by atoms with E-state index in [1.54, 1.807) is 6.07 Å². The molecule has 3 aromatic rings. The summed E-state index contributed by atoms with van der Waals surface area (Å²) in [5.41, 5.74) is 1.75. The third kappa shape index (κ3) is 5.36. The molecule has 1 aromatic carbocycles. The van der Waals surface area contributed by atoms with Gasteiger partial charge in [0.05, 0.1) is 11.4 Å². The van der Waals surface area contributed by atoms with Crippen LogP contribution in [0.2, 0.25) is 5.02 Å². The Bertz CT molecular complexity index is 924. The molecule has 0 aliphatic rings. The van der Waals surface area contributed by atoms with Gasteiger partial charge in [-0.2, -0.15) is 0 Å². The Kier molecular flexibility index (Phi) is 6.75. The zero-order chi connectivity index (χ0) is 20.1. The number of aromatic nitrogens is 2. The second-order valence-corrected chi connectivity index (χ2v) is 8.26. The molecule has 3 rings (SSSR count). The Balaban J connectivity index is 1.56. The van der Waals surface area contributed by atoms with Gasteiger partial charge in [0.2, 0.25) is 0 Å². The highest BCUT2D eigenvalue weighted by molar-refractivity contribution is 7.98. The number of furan rings is 1. The highest BCUT2D eigenvalue weighted by Gasteiger charge is 2.16. The van der Waals surface area contributed by atoms with Gasteiger partial charge in [-0.05, 0) is 49.2 Å². The fourth-order valence-electron chi connectivity index (χ4n) is 2.34. The van der Waals surface area contributed by atoms with Gasteiger partial charge in [-0.1, -0.05) is 49.3 Å². The summed E-state index contributed by atoms with van der Waals surface area (Å²) in [4.78, 5) is 12.2. The topological polar surface area (TPSA) is 68.0 Å². The number of hydrogen-bond acceptors (Lipinski definition) is 5. The number of carbonyl (C=O) groups excluding carboxylic acids is 1. The molecule has 0 fully saturated rings. The van der Waals surface area contributed by atoms with E-state index < -0.39 is 0 Å². The van der Waals surface area contributed by atoms with Crippen LogP contribution in [0, 0.1) is 5.92 Å². The highest BCUT2D eigenvalue weighted by Crippen LogP contribution is 2.24. The molecule has 1 amide bonds. The number of hydrogen-bond donors (Lipinski definition) is 1. The summed E-state index contributed by atoms with van der Waals surface area (Å²) in [6, 6.07) is 14.9. The van der Waals surface area contributed by atoms with Gasteiger partial charge in [0, 0.05) is 16.6 Å². The van der Waals surface area contributed by atoms with Crippen molar-refractivity contribution in [3.8, 4) is 11.3 Å². The quantitative estimate of drug-likeness (QED) is 0.519. The third-order valence-corrected chi connectivity index (χ3v) is 5.58. The fraction of sp³-hybridized carbons (Fsp3) is 0.286. The van der Waals surface area contributed by atoms with Gasteiger partial charge >= 0.3 is 0 Å². The molecule has 0 saturated carbocycles.